The highest BCUT2D eigenvalue weighted by Gasteiger charge is 2.81. The van der Waals surface area contributed by atoms with Crippen LogP contribution in [0.1, 0.15) is 59.8 Å². The van der Waals surface area contributed by atoms with Gasteiger partial charge in [0.05, 0.1) is 0 Å². The van der Waals surface area contributed by atoms with Gasteiger partial charge >= 0.3 is 5.97 Å². The minimum absolute atomic E-state index is 0.00320. The van der Waals surface area contributed by atoms with Crippen molar-refractivity contribution in [3.8, 4) is 0 Å². The van der Waals surface area contributed by atoms with Crippen LogP contribution in [0.15, 0.2) is 22.8 Å². The molecule has 0 unspecified atom stereocenters. The molecule has 0 spiro atoms. The fraction of sp³-hybridized carbons (Fsp3) is 0.750. The molecule has 6 heteroatoms. The van der Waals surface area contributed by atoms with Gasteiger partial charge in [-0.15, -0.1) is 0 Å². The first-order valence-electron chi connectivity index (χ1n) is 13.1. The van der Waals surface area contributed by atoms with Gasteiger partial charge in [-0.1, -0.05) is 25.0 Å². The Kier molecular flexibility index (Phi) is 4.45. The van der Waals surface area contributed by atoms with Crippen LogP contribution in [0.25, 0.3) is 0 Å². The van der Waals surface area contributed by atoms with Gasteiger partial charge in [0.2, 0.25) is 0 Å². The minimum atomic E-state index is -1.92. The summed E-state index contributed by atoms with van der Waals surface area (Å²) in [6, 6.07) is 0. The van der Waals surface area contributed by atoms with Crippen molar-refractivity contribution in [2.75, 3.05) is 0 Å². The maximum atomic E-state index is 13.4. The first-order chi connectivity index (χ1) is 15.8. The topological polar surface area (TPSA) is 69.7 Å². The van der Waals surface area contributed by atoms with Crippen LogP contribution < -0.4 is 0 Å². The summed E-state index contributed by atoms with van der Waals surface area (Å²) in [6.45, 7) is 14.4. The fourth-order valence-electron chi connectivity index (χ4n) is 10.0. The summed E-state index contributed by atoms with van der Waals surface area (Å²) < 4.78 is 13.1. The van der Waals surface area contributed by atoms with Gasteiger partial charge in [-0.05, 0) is 88.4 Å². The molecule has 0 aromatic carbocycles. The number of esters is 1. The Labute approximate surface area is 203 Å². The van der Waals surface area contributed by atoms with Gasteiger partial charge < -0.3 is 9.16 Å². The van der Waals surface area contributed by atoms with Gasteiger partial charge in [0, 0.05) is 35.3 Å². The second-order valence-electron chi connectivity index (χ2n) is 13.4. The molecule has 6 rings (SSSR count). The summed E-state index contributed by atoms with van der Waals surface area (Å²) in [4.78, 5) is 38.3. The van der Waals surface area contributed by atoms with Crippen LogP contribution in [0.4, 0.5) is 0 Å². The predicted molar refractivity (Wildman–Crippen MR) is 130 cm³/mol. The normalized spacial score (nSPS) is 48.1. The number of rotatable bonds is 4. The third kappa shape index (κ3) is 2.57. The van der Waals surface area contributed by atoms with E-state index in [1.807, 2.05) is 6.08 Å². The average Bonchev–Trinajstić information content (AvgIpc) is 3.21. The van der Waals surface area contributed by atoms with Crippen LogP contribution in [0.5, 0.6) is 0 Å². The third-order valence-electron chi connectivity index (χ3n) is 10.7. The van der Waals surface area contributed by atoms with E-state index in [9.17, 15) is 14.4 Å². The lowest BCUT2D eigenvalue weighted by Gasteiger charge is -2.62. The van der Waals surface area contributed by atoms with Crippen molar-refractivity contribution < 1.29 is 23.5 Å². The quantitative estimate of drug-likeness (QED) is 0.416. The molecule has 184 valence electrons. The van der Waals surface area contributed by atoms with E-state index in [1.54, 1.807) is 6.92 Å². The lowest BCUT2D eigenvalue weighted by Crippen LogP contribution is -2.65. The third-order valence-corrected chi connectivity index (χ3v) is 11.7. The van der Waals surface area contributed by atoms with Gasteiger partial charge in [0.15, 0.2) is 25.5 Å². The molecule has 6 aliphatic carbocycles. The maximum Gasteiger partial charge on any atom is 0.303 e. The van der Waals surface area contributed by atoms with Crippen LogP contribution in [0.2, 0.25) is 19.6 Å². The maximum absolute atomic E-state index is 13.4. The van der Waals surface area contributed by atoms with Crippen LogP contribution in [0, 0.1) is 40.4 Å². The van der Waals surface area contributed by atoms with E-state index < -0.39 is 19.3 Å². The van der Waals surface area contributed by atoms with E-state index in [1.165, 1.54) is 18.1 Å². The molecule has 0 N–H and O–H groups in total. The molecule has 0 radical (unpaired) electrons. The second-order valence-corrected chi connectivity index (χ2v) is 17.9. The van der Waals surface area contributed by atoms with E-state index in [0.29, 0.717) is 23.7 Å². The molecule has 6 aliphatic rings. The number of Topliss-reactive ketones (excluding diaryl/α,β-unsaturated/α-hetero) is 1. The summed E-state index contributed by atoms with van der Waals surface area (Å²) in [5, 5.41) is 0. The minimum Gasteiger partial charge on any atom is -0.450 e. The van der Waals surface area contributed by atoms with Crippen molar-refractivity contribution in [1.29, 1.82) is 0 Å². The van der Waals surface area contributed by atoms with E-state index in [4.69, 9.17) is 9.16 Å². The highest BCUT2D eigenvalue weighted by atomic mass is 28.4. The zero-order valence-electron chi connectivity index (χ0n) is 21.6. The van der Waals surface area contributed by atoms with Crippen LogP contribution in [-0.4, -0.2) is 37.6 Å². The molecule has 9 atom stereocenters. The van der Waals surface area contributed by atoms with Crippen molar-refractivity contribution in [1.82, 2.24) is 0 Å². The smallest absolute Gasteiger partial charge is 0.303 e. The Morgan fingerprint density at radius 2 is 1.79 bits per heavy atom. The molecule has 0 aromatic heterocycles. The lowest BCUT2D eigenvalue weighted by molar-refractivity contribution is -0.203. The Hall–Kier alpha value is -1.53. The van der Waals surface area contributed by atoms with Crippen molar-refractivity contribution in [3.63, 3.8) is 0 Å². The van der Waals surface area contributed by atoms with E-state index in [-0.39, 0.29) is 35.0 Å². The molecule has 0 amide bonds. The van der Waals surface area contributed by atoms with Crippen molar-refractivity contribution in [2.24, 2.45) is 40.4 Å². The Morgan fingerprint density at radius 1 is 1.09 bits per heavy atom. The van der Waals surface area contributed by atoms with E-state index in [0.717, 1.165) is 37.7 Å². The van der Waals surface area contributed by atoms with Crippen LogP contribution in [-0.2, 0) is 23.5 Å². The number of ketones is 2. The zero-order chi connectivity index (χ0) is 24.6. The SMILES string of the molecule is CC(=O)O[C@]1(C(C)=O)[C@@H]2C[C@@H]2[C@H]2[C@@H]3CCC4=C5CC(=CC5=O)[C@]4(C)[C@H]3[C@@H](O[Si](C)(C)C)C[C@@]21C. The number of carbonyl (C=O) groups excluding carboxylic acids is 3. The molecule has 0 aromatic rings. The molecule has 0 aliphatic heterocycles. The van der Waals surface area contributed by atoms with Crippen LogP contribution >= 0.6 is 0 Å². The molecule has 5 nitrogen and oxygen atoms in total. The van der Waals surface area contributed by atoms with E-state index >= 15 is 0 Å². The molecule has 0 saturated heterocycles. The Morgan fingerprint density at radius 3 is 2.41 bits per heavy atom. The predicted octanol–water partition coefficient (Wildman–Crippen LogP) is 5.02. The fourth-order valence-corrected chi connectivity index (χ4v) is 11.2. The van der Waals surface area contributed by atoms with Gasteiger partial charge in [0.25, 0.3) is 0 Å². The van der Waals surface area contributed by atoms with Gasteiger partial charge in [-0.2, -0.15) is 0 Å². The Balaban J connectivity index is 1.51. The molecule has 34 heavy (non-hydrogen) atoms. The highest BCUT2D eigenvalue weighted by Crippen LogP contribution is 2.79. The van der Waals surface area contributed by atoms with Gasteiger partial charge in [-0.3, -0.25) is 14.4 Å². The first-order valence-corrected chi connectivity index (χ1v) is 16.5. The Bertz CT molecular complexity index is 1100. The van der Waals surface area contributed by atoms with Crippen molar-refractivity contribution >= 4 is 25.9 Å². The number of ether oxygens (including phenoxy) is 1. The van der Waals surface area contributed by atoms with Crippen LogP contribution in [0.3, 0.4) is 0 Å². The zero-order valence-corrected chi connectivity index (χ0v) is 22.6. The monoisotopic (exact) mass is 482 g/mol. The molecule has 4 saturated carbocycles. The molecule has 4 fully saturated rings. The van der Waals surface area contributed by atoms with Gasteiger partial charge in [0.1, 0.15) is 0 Å². The lowest BCUT2D eigenvalue weighted by atomic mass is 9.45. The molecule has 0 heterocycles. The highest BCUT2D eigenvalue weighted by molar-refractivity contribution is 6.69. The largest absolute Gasteiger partial charge is 0.450 e. The summed E-state index contributed by atoms with van der Waals surface area (Å²) in [6.07, 6.45) is 6.41. The summed E-state index contributed by atoms with van der Waals surface area (Å²) in [7, 11) is -1.92. The number of allylic oxidation sites excluding steroid dienone is 4. The number of hydrogen-bond acceptors (Lipinski definition) is 5. The average molecular weight is 483 g/mol. The summed E-state index contributed by atoms with van der Waals surface area (Å²) >= 11 is 0. The standard InChI is InChI=1S/C28H38O5Si/c1-14(29)28(32-15(2)30)21-12-19(21)24-17-8-9-20-18-10-16(11-22(18)31)27(20,4)25(17)23(13-26(24,28)3)33-34(5,6)7/h11,17,19,21,23-25H,8-10,12-13H2,1-7H3/t17-,19-,21+,23-,24+,25+,26-,27-,28+/m0/s1. The van der Waals surface area contributed by atoms with E-state index in [2.05, 4.69) is 33.5 Å². The summed E-state index contributed by atoms with van der Waals surface area (Å²) in [5.41, 5.74) is 2.12. The second kappa shape index (κ2) is 6.61. The number of fused-ring (bicyclic) bond motifs is 10. The van der Waals surface area contributed by atoms with Crippen molar-refractivity contribution in [2.45, 2.75) is 91.1 Å². The molecule has 2 bridgehead atoms. The van der Waals surface area contributed by atoms with Gasteiger partial charge in [-0.25, -0.2) is 0 Å². The first kappa shape index (κ1) is 22.9. The molecular formula is C28H38O5Si. The van der Waals surface area contributed by atoms with Crippen molar-refractivity contribution in [3.05, 3.63) is 22.8 Å². The summed E-state index contributed by atoms with van der Waals surface area (Å²) in [5.74, 6) is 1.47. The number of hydrogen-bond donors (Lipinski definition) is 0. The molecular weight excluding hydrogens is 444 g/mol. The number of carbonyl (C=O) groups is 3.